The Labute approximate surface area is 143 Å². The van der Waals surface area contributed by atoms with Gasteiger partial charge in [0.2, 0.25) is 0 Å². The molecule has 3 rings (SSSR count). The third kappa shape index (κ3) is 4.20. The van der Waals surface area contributed by atoms with Crippen LogP contribution in [-0.2, 0) is 6.61 Å². The second-order valence-electron chi connectivity index (χ2n) is 5.39. The van der Waals surface area contributed by atoms with Gasteiger partial charge in [-0.1, -0.05) is 23.8 Å². The summed E-state index contributed by atoms with van der Waals surface area (Å²) in [6, 6.07) is 15.4. The summed E-state index contributed by atoms with van der Waals surface area (Å²) in [5, 5.41) is 4.73. The first-order valence-corrected chi connectivity index (χ1v) is 8.32. The molecule has 0 radical (unpaired) electrons. The predicted molar refractivity (Wildman–Crippen MR) is 94.2 cm³/mol. The third-order valence-electron chi connectivity index (χ3n) is 3.39. The van der Waals surface area contributed by atoms with Crippen LogP contribution in [0.1, 0.15) is 20.8 Å². The number of halogens is 1. The zero-order valence-electron chi connectivity index (χ0n) is 13.1. The Balaban J connectivity index is 1.60. The lowest BCUT2D eigenvalue weighted by atomic mass is 10.2. The molecule has 1 N–H and O–H groups in total. The van der Waals surface area contributed by atoms with Gasteiger partial charge in [-0.05, 0) is 42.6 Å². The fourth-order valence-corrected chi connectivity index (χ4v) is 2.92. The summed E-state index contributed by atoms with van der Waals surface area (Å²) < 4.78 is 18.6. The average Bonchev–Trinajstić information content (AvgIpc) is 3.04. The summed E-state index contributed by atoms with van der Waals surface area (Å²) in [5.74, 6) is -0.0244. The van der Waals surface area contributed by atoms with E-state index in [1.165, 1.54) is 23.5 Å². The minimum Gasteiger partial charge on any atom is -0.489 e. The maximum Gasteiger partial charge on any atom is 0.265 e. The van der Waals surface area contributed by atoms with Gasteiger partial charge in [-0.25, -0.2) is 4.39 Å². The van der Waals surface area contributed by atoms with Crippen molar-refractivity contribution in [2.24, 2.45) is 0 Å². The fourth-order valence-electron chi connectivity index (χ4n) is 2.12. The van der Waals surface area contributed by atoms with E-state index in [1.807, 2.05) is 36.6 Å². The maximum atomic E-state index is 13.1. The Bertz CT molecular complexity index is 843. The van der Waals surface area contributed by atoms with Gasteiger partial charge in [0.1, 0.15) is 18.2 Å². The molecule has 3 nitrogen and oxygen atoms in total. The number of carbonyl (C=O) groups excluding carboxylic acids is 1. The SMILES string of the molecule is Cc1ccc(NC(=O)c2cc(COc3cccc(F)c3)cs2)cc1. The van der Waals surface area contributed by atoms with E-state index in [1.54, 1.807) is 18.2 Å². The Morgan fingerprint density at radius 1 is 1.17 bits per heavy atom. The molecule has 1 heterocycles. The van der Waals surface area contributed by atoms with Crippen molar-refractivity contribution in [2.45, 2.75) is 13.5 Å². The second-order valence-corrected chi connectivity index (χ2v) is 6.30. The van der Waals surface area contributed by atoms with Gasteiger partial charge in [-0.2, -0.15) is 0 Å². The molecule has 0 bridgehead atoms. The van der Waals surface area contributed by atoms with Gasteiger partial charge < -0.3 is 10.1 Å². The standard InChI is InChI=1S/C19H16FNO2S/c1-13-5-7-16(8-6-13)21-19(22)18-9-14(12-24-18)11-23-17-4-2-3-15(20)10-17/h2-10,12H,11H2,1H3,(H,21,22). The summed E-state index contributed by atoms with van der Waals surface area (Å²) in [4.78, 5) is 12.8. The number of nitrogens with one attached hydrogen (secondary N) is 1. The Kier molecular flexibility index (Phi) is 4.91. The van der Waals surface area contributed by atoms with Crippen molar-refractivity contribution in [1.29, 1.82) is 0 Å². The Morgan fingerprint density at radius 2 is 1.96 bits per heavy atom. The van der Waals surface area contributed by atoms with Crippen LogP contribution in [0.15, 0.2) is 60.0 Å². The molecule has 0 spiro atoms. The van der Waals surface area contributed by atoms with Gasteiger partial charge in [-0.15, -0.1) is 11.3 Å². The Morgan fingerprint density at radius 3 is 2.71 bits per heavy atom. The first-order chi connectivity index (χ1) is 11.6. The van der Waals surface area contributed by atoms with Crippen LogP contribution in [-0.4, -0.2) is 5.91 Å². The maximum absolute atomic E-state index is 13.1. The highest BCUT2D eigenvalue weighted by molar-refractivity contribution is 7.12. The minimum absolute atomic E-state index is 0.152. The molecule has 1 aromatic heterocycles. The van der Waals surface area contributed by atoms with Gasteiger partial charge in [0, 0.05) is 17.3 Å². The number of amides is 1. The number of thiophene rings is 1. The van der Waals surface area contributed by atoms with Crippen LogP contribution in [0.2, 0.25) is 0 Å². The zero-order valence-corrected chi connectivity index (χ0v) is 13.9. The average molecular weight is 341 g/mol. The molecule has 0 aliphatic carbocycles. The van der Waals surface area contributed by atoms with Crippen molar-refractivity contribution in [2.75, 3.05) is 5.32 Å². The first-order valence-electron chi connectivity index (χ1n) is 7.44. The van der Waals surface area contributed by atoms with Crippen LogP contribution < -0.4 is 10.1 Å². The van der Waals surface area contributed by atoms with Crippen molar-refractivity contribution in [3.63, 3.8) is 0 Å². The smallest absolute Gasteiger partial charge is 0.265 e. The van der Waals surface area contributed by atoms with Crippen molar-refractivity contribution < 1.29 is 13.9 Å². The molecule has 122 valence electrons. The van der Waals surface area contributed by atoms with E-state index < -0.39 is 0 Å². The minimum atomic E-state index is -0.337. The van der Waals surface area contributed by atoms with Crippen molar-refractivity contribution in [3.05, 3.63) is 81.8 Å². The lowest BCUT2D eigenvalue weighted by Gasteiger charge is -2.04. The quantitative estimate of drug-likeness (QED) is 0.707. The molecule has 3 aromatic rings. The van der Waals surface area contributed by atoms with Crippen molar-refractivity contribution in [3.8, 4) is 5.75 Å². The highest BCUT2D eigenvalue weighted by atomic mass is 32.1. The molecular formula is C19H16FNO2S. The molecule has 0 atom stereocenters. The molecule has 1 amide bonds. The van der Waals surface area contributed by atoms with Crippen molar-refractivity contribution >= 4 is 22.9 Å². The molecule has 0 saturated carbocycles. The lowest BCUT2D eigenvalue weighted by Crippen LogP contribution is -2.10. The first kappa shape index (κ1) is 16.2. The summed E-state index contributed by atoms with van der Waals surface area (Å²) in [7, 11) is 0. The fraction of sp³-hybridized carbons (Fsp3) is 0.105. The van der Waals surface area contributed by atoms with Crippen LogP contribution >= 0.6 is 11.3 Å². The van der Waals surface area contributed by atoms with E-state index in [-0.39, 0.29) is 18.3 Å². The number of anilines is 1. The number of carbonyl (C=O) groups is 1. The van der Waals surface area contributed by atoms with E-state index >= 15 is 0 Å². The summed E-state index contributed by atoms with van der Waals surface area (Å²) in [6.07, 6.45) is 0. The van der Waals surface area contributed by atoms with Gasteiger partial charge >= 0.3 is 0 Å². The highest BCUT2D eigenvalue weighted by Crippen LogP contribution is 2.20. The molecule has 0 aliphatic rings. The number of hydrogen-bond acceptors (Lipinski definition) is 3. The second kappa shape index (κ2) is 7.27. The zero-order chi connectivity index (χ0) is 16.9. The van der Waals surface area contributed by atoms with Crippen LogP contribution in [0.25, 0.3) is 0 Å². The lowest BCUT2D eigenvalue weighted by molar-refractivity contribution is 0.103. The molecular weight excluding hydrogens is 325 g/mol. The van der Waals surface area contributed by atoms with E-state index in [9.17, 15) is 9.18 Å². The number of benzene rings is 2. The van der Waals surface area contributed by atoms with Crippen molar-refractivity contribution in [1.82, 2.24) is 0 Å². The molecule has 5 heteroatoms. The largest absolute Gasteiger partial charge is 0.489 e. The van der Waals surface area contributed by atoms with Crippen LogP contribution in [0.4, 0.5) is 10.1 Å². The van der Waals surface area contributed by atoms with Gasteiger partial charge in [0.15, 0.2) is 0 Å². The Hall–Kier alpha value is -2.66. The van der Waals surface area contributed by atoms with Gasteiger partial charge in [0.05, 0.1) is 4.88 Å². The van der Waals surface area contributed by atoms with Gasteiger partial charge in [0.25, 0.3) is 5.91 Å². The molecule has 2 aromatic carbocycles. The number of ether oxygens (including phenoxy) is 1. The molecule has 0 fully saturated rings. The topological polar surface area (TPSA) is 38.3 Å². The highest BCUT2D eigenvalue weighted by Gasteiger charge is 2.10. The molecule has 0 aliphatic heterocycles. The molecule has 0 unspecified atom stereocenters. The number of rotatable bonds is 5. The van der Waals surface area contributed by atoms with E-state index in [0.29, 0.717) is 10.6 Å². The third-order valence-corrected chi connectivity index (χ3v) is 4.37. The van der Waals surface area contributed by atoms with E-state index in [4.69, 9.17) is 4.74 Å². The summed E-state index contributed by atoms with van der Waals surface area (Å²) in [5.41, 5.74) is 2.77. The number of hydrogen-bond donors (Lipinski definition) is 1. The monoisotopic (exact) mass is 341 g/mol. The normalized spacial score (nSPS) is 10.4. The van der Waals surface area contributed by atoms with E-state index in [0.717, 1.165) is 16.8 Å². The van der Waals surface area contributed by atoms with E-state index in [2.05, 4.69) is 5.32 Å². The summed E-state index contributed by atoms with van der Waals surface area (Å²) in [6.45, 7) is 2.29. The van der Waals surface area contributed by atoms with Crippen LogP contribution in [0.3, 0.4) is 0 Å². The number of aryl methyl sites for hydroxylation is 1. The summed E-state index contributed by atoms with van der Waals surface area (Å²) >= 11 is 1.35. The molecule has 0 saturated heterocycles. The predicted octanol–water partition coefficient (Wildman–Crippen LogP) is 5.03. The van der Waals surface area contributed by atoms with Crippen LogP contribution in [0.5, 0.6) is 5.75 Å². The van der Waals surface area contributed by atoms with Gasteiger partial charge in [-0.3, -0.25) is 4.79 Å². The van der Waals surface area contributed by atoms with Crippen LogP contribution in [0, 0.1) is 12.7 Å². The molecule has 24 heavy (non-hydrogen) atoms.